The summed E-state index contributed by atoms with van der Waals surface area (Å²) in [7, 11) is 0. The van der Waals surface area contributed by atoms with E-state index in [4.69, 9.17) is 5.73 Å². The van der Waals surface area contributed by atoms with Gasteiger partial charge in [0.1, 0.15) is 0 Å². The van der Waals surface area contributed by atoms with Gasteiger partial charge in [-0.25, -0.2) is 4.79 Å². The van der Waals surface area contributed by atoms with Gasteiger partial charge in [0.05, 0.1) is 5.92 Å². The molecule has 24 heavy (non-hydrogen) atoms. The third kappa shape index (κ3) is 4.02. The van der Waals surface area contributed by atoms with Crippen LogP contribution in [0.4, 0.5) is 4.79 Å². The molecule has 2 aliphatic heterocycles. The molecule has 3 rings (SSSR count). The molecule has 0 spiro atoms. The predicted molar refractivity (Wildman–Crippen MR) is 93.5 cm³/mol. The van der Waals surface area contributed by atoms with E-state index < -0.39 is 0 Å². The summed E-state index contributed by atoms with van der Waals surface area (Å²) in [6.45, 7) is 2.70. The highest BCUT2D eigenvalue weighted by atomic mass is 16.2. The summed E-state index contributed by atoms with van der Waals surface area (Å²) >= 11 is 0. The zero-order valence-electron chi connectivity index (χ0n) is 14.7. The Hall–Kier alpha value is -1.30. The van der Waals surface area contributed by atoms with Crippen LogP contribution in [-0.2, 0) is 4.79 Å². The molecule has 3 fully saturated rings. The van der Waals surface area contributed by atoms with E-state index in [1.54, 1.807) is 0 Å². The molecule has 3 amide bonds. The molecule has 0 aromatic carbocycles. The molecule has 2 unspecified atom stereocenters. The number of nitrogens with two attached hydrogens (primary N) is 1. The van der Waals surface area contributed by atoms with Crippen molar-refractivity contribution in [2.75, 3.05) is 26.2 Å². The Kier molecular flexibility index (Phi) is 5.98. The van der Waals surface area contributed by atoms with Crippen LogP contribution >= 0.6 is 0 Å². The summed E-state index contributed by atoms with van der Waals surface area (Å²) in [5, 5.41) is 3.15. The molecule has 0 aromatic rings. The van der Waals surface area contributed by atoms with Gasteiger partial charge in [0.15, 0.2) is 0 Å². The number of piperidine rings is 2. The molecule has 136 valence electrons. The standard InChI is InChI=1S/C18H32N4O2/c19-12-16-9-3-4-11-22(16)17(23)14-6-5-10-21(13-14)18(24)20-15-7-1-2-8-15/h14-16H,1-13,19H2,(H,20,24). The lowest BCUT2D eigenvalue weighted by atomic mass is 9.93. The second-order valence-electron chi connectivity index (χ2n) is 7.63. The number of hydrogen-bond acceptors (Lipinski definition) is 3. The van der Waals surface area contributed by atoms with E-state index in [9.17, 15) is 9.59 Å². The smallest absolute Gasteiger partial charge is 0.317 e. The first-order valence-electron chi connectivity index (χ1n) is 9.75. The van der Waals surface area contributed by atoms with E-state index in [0.29, 0.717) is 19.1 Å². The molecule has 6 nitrogen and oxygen atoms in total. The Labute approximate surface area is 145 Å². The lowest BCUT2D eigenvalue weighted by Crippen LogP contribution is -2.54. The molecule has 2 atom stereocenters. The summed E-state index contributed by atoms with van der Waals surface area (Å²) in [4.78, 5) is 29.3. The van der Waals surface area contributed by atoms with Gasteiger partial charge in [-0.3, -0.25) is 4.79 Å². The van der Waals surface area contributed by atoms with Gasteiger partial charge in [0.25, 0.3) is 0 Å². The van der Waals surface area contributed by atoms with Crippen molar-refractivity contribution >= 4 is 11.9 Å². The second-order valence-corrected chi connectivity index (χ2v) is 7.63. The van der Waals surface area contributed by atoms with Crippen LogP contribution in [0.2, 0.25) is 0 Å². The second kappa shape index (κ2) is 8.19. The van der Waals surface area contributed by atoms with Gasteiger partial charge in [-0.1, -0.05) is 12.8 Å². The Morgan fingerprint density at radius 1 is 0.958 bits per heavy atom. The Morgan fingerprint density at radius 2 is 1.71 bits per heavy atom. The number of nitrogens with one attached hydrogen (secondary N) is 1. The van der Waals surface area contributed by atoms with E-state index >= 15 is 0 Å². The Balaban J connectivity index is 1.55. The first-order valence-corrected chi connectivity index (χ1v) is 9.75. The zero-order chi connectivity index (χ0) is 16.9. The summed E-state index contributed by atoms with van der Waals surface area (Å²) < 4.78 is 0. The fourth-order valence-corrected chi connectivity index (χ4v) is 4.47. The molecule has 1 aliphatic carbocycles. The van der Waals surface area contributed by atoms with Gasteiger partial charge < -0.3 is 20.9 Å². The number of amides is 3. The van der Waals surface area contributed by atoms with Crippen molar-refractivity contribution in [1.82, 2.24) is 15.1 Å². The summed E-state index contributed by atoms with van der Waals surface area (Å²) in [6.07, 6.45) is 9.65. The van der Waals surface area contributed by atoms with E-state index in [1.165, 1.54) is 12.8 Å². The van der Waals surface area contributed by atoms with Crippen LogP contribution in [0, 0.1) is 5.92 Å². The minimum atomic E-state index is -0.0553. The van der Waals surface area contributed by atoms with Crippen LogP contribution in [0.5, 0.6) is 0 Å². The minimum absolute atomic E-state index is 0.0217. The molecular formula is C18H32N4O2. The average Bonchev–Trinajstić information content (AvgIpc) is 3.14. The summed E-state index contributed by atoms with van der Waals surface area (Å²) in [5.74, 6) is 0.156. The molecule has 3 N–H and O–H groups in total. The van der Waals surface area contributed by atoms with E-state index in [1.807, 2.05) is 9.80 Å². The van der Waals surface area contributed by atoms with Gasteiger partial charge in [-0.15, -0.1) is 0 Å². The van der Waals surface area contributed by atoms with Gasteiger partial charge in [-0.05, 0) is 44.9 Å². The predicted octanol–water partition coefficient (Wildman–Crippen LogP) is 1.69. The molecular weight excluding hydrogens is 304 g/mol. The molecule has 6 heteroatoms. The number of rotatable bonds is 3. The average molecular weight is 336 g/mol. The van der Waals surface area contributed by atoms with E-state index in [0.717, 1.165) is 58.0 Å². The van der Waals surface area contributed by atoms with Crippen molar-refractivity contribution in [3.05, 3.63) is 0 Å². The maximum absolute atomic E-state index is 12.9. The number of carbonyl (C=O) groups excluding carboxylic acids is 2. The zero-order valence-corrected chi connectivity index (χ0v) is 14.7. The lowest BCUT2D eigenvalue weighted by Gasteiger charge is -2.40. The summed E-state index contributed by atoms with van der Waals surface area (Å²) in [5.41, 5.74) is 5.86. The highest BCUT2D eigenvalue weighted by Crippen LogP contribution is 2.24. The number of nitrogens with zero attached hydrogens (tertiary/aromatic N) is 2. The van der Waals surface area contributed by atoms with Crippen molar-refractivity contribution < 1.29 is 9.59 Å². The van der Waals surface area contributed by atoms with Gasteiger partial charge in [-0.2, -0.15) is 0 Å². The SMILES string of the molecule is NCC1CCCCN1C(=O)C1CCCN(C(=O)NC2CCCC2)C1. The monoisotopic (exact) mass is 336 g/mol. The van der Waals surface area contributed by atoms with E-state index in [-0.39, 0.29) is 23.9 Å². The van der Waals surface area contributed by atoms with Crippen LogP contribution in [0.1, 0.15) is 57.8 Å². The van der Waals surface area contributed by atoms with E-state index in [2.05, 4.69) is 5.32 Å². The summed E-state index contributed by atoms with van der Waals surface area (Å²) in [6, 6.07) is 0.541. The normalized spacial score (nSPS) is 28.9. The molecule has 3 aliphatic rings. The number of urea groups is 1. The lowest BCUT2D eigenvalue weighted by molar-refractivity contribution is -0.140. The van der Waals surface area contributed by atoms with Crippen molar-refractivity contribution in [2.45, 2.75) is 69.9 Å². The van der Waals surface area contributed by atoms with Gasteiger partial charge in [0, 0.05) is 38.3 Å². The maximum Gasteiger partial charge on any atom is 0.317 e. The number of likely N-dealkylation sites (tertiary alicyclic amines) is 2. The fourth-order valence-electron chi connectivity index (χ4n) is 4.47. The highest BCUT2D eigenvalue weighted by molar-refractivity contribution is 5.81. The molecule has 2 saturated heterocycles. The van der Waals surface area contributed by atoms with Crippen LogP contribution in [-0.4, -0.2) is 60.0 Å². The molecule has 2 heterocycles. The maximum atomic E-state index is 12.9. The van der Waals surface area contributed by atoms with Crippen LogP contribution in [0.15, 0.2) is 0 Å². The minimum Gasteiger partial charge on any atom is -0.338 e. The fraction of sp³-hybridized carbons (Fsp3) is 0.889. The third-order valence-corrected chi connectivity index (χ3v) is 5.92. The molecule has 0 radical (unpaired) electrons. The Morgan fingerprint density at radius 3 is 2.46 bits per heavy atom. The highest BCUT2D eigenvalue weighted by Gasteiger charge is 2.35. The van der Waals surface area contributed by atoms with Crippen molar-refractivity contribution in [2.24, 2.45) is 11.7 Å². The van der Waals surface area contributed by atoms with Crippen molar-refractivity contribution in [3.8, 4) is 0 Å². The topological polar surface area (TPSA) is 78.7 Å². The van der Waals surface area contributed by atoms with Crippen LogP contribution in [0.3, 0.4) is 0 Å². The van der Waals surface area contributed by atoms with Crippen LogP contribution < -0.4 is 11.1 Å². The van der Waals surface area contributed by atoms with Gasteiger partial charge >= 0.3 is 6.03 Å². The molecule has 1 saturated carbocycles. The van der Waals surface area contributed by atoms with Crippen molar-refractivity contribution in [1.29, 1.82) is 0 Å². The van der Waals surface area contributed by atoms with Crippen LogP contribution in [0.25, 0.3) is 0 Å². The Bertz CT molecular complexity index is 450. The molecule has 0 bridgehead atoms. The number of hydrogen-bond donors (Lipinski definition) is 2. The number of carbonyl (C=O) groups is 2. The first kappa shape index (κ1) is 17.5. The third-order valence-electron chi connectivity index (χ3n) is 5.92. The quantitative estimate of drug-likeness (QED) is 0.823. The van der Waals surface area contributed by atoms with Gasteiger partial charge in [0.2, 0.25) is 5.91 Å². The van der Waals surface area contributed by atoms with Crippen molar-refractivity contribution in [3.63, 3.8) is 0 Å². The first-order chi connectivity index (χ1) is 11.7. The molecule has 0 aromatic heterocycles. The largest absolute Gasteiger partial charge is 0.338 e.